The number of anilines is 1. The Labute approximate surface area is 132 Å². The van der Waals surface area contributed by atoms with Crippen LogP contribution in [0.2, 0.25) is 0 Å². The molecule has 0 aliphatic rings. The molecule has 1 heterocycles. The monoisotopic (exact) mass is 300 g/mol. The van der Waals surface area contributed by atoms with Gasteiger partial charge in [-0.2, -0.15) is 0 Å². The molecule has 0 bridgehead atoms. The minimum atomic E-state index is 0.201. The van der Waals surface area contributed by atoms with E-state index in [1.165, 1.54) is 10.5 Å². The normalized spacial score (nSPS) is 11.7. The molecule has 0 unspecified atom stereocenters. The Bertz CT molecular complexity index is 625. The molecule has 2 N–H and O–H groups in total. The molecule has 3 heteroatoms. The minimum Gasteiger partial charge on any atom is -0.398 e. The van der Waals surface area contributed by atoms with E-state index in [0.717, 1.165) is 28.3 Å². The third kappa shape index (κ3) is 3.79. The zero-order valence-electron chi connectivity index (χ0n) is 13.5. The quantitative estimate of drug-likeness (QED) is 0.822. The second-order valence-electron chi connectivity index (χ2n) is 6.49. The van der Waals surface area contributed by atoms with Gasteiger partial charge in [0.15, 0.2) is 0 Å². The second-order valence-corrected chi connectivity index (χ2v) is 7.54. The molecule has 0 radical (unpaired) electrons. The van der Waals surface area contributed by atoms with E-state index < -0.39 is 0 Å². The molecule has 2 rings (SSSR count). The lowest BCUT2D eigenvalue weighted by molar-refractivity contribution is 0.590. The summed E-state index contributed by atoms with van der Waals surface area (Å²) < 4.78 is 0. The predicted octanol–water partition coefficient (Wildman–Crippen LogP) is 4.87. The average Bonchev–Trinajstić information content (AvgIpc) is 2.43. The van der Waals surface area contributed by atoms with Crippen molar-refractivity contribution in [3.8, 4) is 0 Å². The van der Waals surface area contributed by atoms with Gasteiger partial charge in [0, 0.05) is 22.5 Å². The van der Waals surface area contributed by atoms with E-state index in [0.29, 0.717) is 0 Å². The number of aryl methyl sites for hydroxylation is 1. The van der Waals surface area contributed by atoms with Gasteiger partial charge in [-0.15, -0.1) is 11.8 Å². The maximum atomic E-state index is 6.07. The van der Waals surface area contributed by atoms with Crippen molar-refractivity contribution in [2.45, 2.75) is 50.7 Å². The molecule has 2 aromatic rings. The van der Waals surface area contributed by atoms with Gasteiger partial charge in [0.05, 0.1) is 5.69 Å². The summed E-state index contributed by atoms with van der Waals surface area (Å²) in [5.74, 6) is 0.852. The van der Waals surface area contributed by atoms with Crippen molar-refractivity contribution < 1.29 is 0 Å². The molecule has 0 saturated carbocycles. The van der Waals surface area contributed by atoms with Crippen LogP contribution in [0.5, 0.6) is 0 Å². The van der Waals surface area contributed by atoms with Crippen LogP contribution in [-0.2, 0) is 11.2 Å². The molecule has 0 fully saturated rings. The van der Waals surface area contributed by atoms with Gasteiger partial charge in [0.1, 0.15) is 0 Å². The fraction of sp³-hybridized carbons (Fsp3) is 0.389. The van der Waals surface area contributed by atoms with Gasteiger partial charge in [-0.05, 0) is 48.1 Å². The Morgan fingerprint density at radius 2 is 1.71 bits per heavy atom. The average molecular weight is 300 g/mol. The number of nitrogens with two attached hydrogens (primary N) is 1. The summed E-state index contributed by atoms with van der Waals surface area (Å²) in [5, 5.41) is 0. The highest BCUT2D eigenvalue weighted by Gasteiger charge is 2.13. The molecular weight excluding hydrogens is 276 g/mol. The zero-order valence-corrected chi connectivity index (χ0v) is 14.3. The van der Waals surface area contributed by atoms with E-state index in [2.05, 4.69) is 50.0 Å². The Kier molecular flexibility index (Phi) is 4.62. The number of thioether (sulfide) groups is 1. The Balaban J connectivity index is 2.09. The van der Waals surface area contributed by atoms with Gasteiger partial charge < -0.3 is 5.73 Å². The number of hydrogen-bond donors (Lipinski definition) is 1. The summed E-state index contributed by atoms with van der Waals surface area (Å²) in [6, 6.07) is 8.81. The van der Waals surface area contributed by atoms with Gasteiger partial charge in [-0.3, -0.25) is 4.98 Å². The summed E-state index contributed by atoms with van der Waals surface area (Å²) in [6.45, 7) is 10.7. The first-order valence-electron chi connectivity index (χ1n) is 7.23. The second kappa shape index (κ2) is 6.10. The summed E-state index contributed by atoms with van der Waals surface area (Å²) in [6.07, 6.45) is 1.86. The Morgan fingerprint density at radius 1 is 1.10 bits per heavy atom. The van der Waals surface area contributed by atoms with Crippen LogP contribution in [0.25, 0.3) is 0 Å². The van der Waals surface area contributed by atoms with E-state index in [1.807, 2.05) is 20.0 Å². The number of nitrogens with zero attached hydrogens (tertiary/aromatic N) is 1. The minimum absolute atomic E-state index is 0.201. The van der Waals surface area contributed by atoms with Crippen molar-refractivity contribution in [3.05, 3.63) is 52.8 Å². The zero-order chi connectivity index (χ0) is 15.6. The standard InChI is InChI=1S/C18H24N2S/c1-12-10-20-16(13(2)17(12)19)11-21-15-8-6-14(7-9-15)18(3,4)5/h6-10H,11H2,1-5H3,(H2,19,20). The third-order valence-corrected chi connectivity index (χ3v) is 4.79. The highest BCUT2D eigenvalue weighted by atomic mass is 32.2. The Morgan fingerprint density at radius 3 is 2.29 bits per heavy atom. The highest BCUT2D eigenvalue weighted by molar-refractivity contribution is 7.98. The summed E-state index contributed by atoms with van der Waals surface area (Å²) in [4.78, 5) is 5.78. The van der Waals surface area contributed by atoms with Crippen molar-refractivity contribution in [1.29, 1.82) is 0 Å². The van der Waals surface area contributed by atoms with E-state index in [9.17, 15) is 0 Å². The smallest absolute Gasteiger partial charge is 0.0556 e. The van der Waals surface area contributed by atoms with Crippen molar-refractivity contribution in [2.75, 3.05) is 5.73 Å². The number of hydrogen-bond acceptors (Lipinski definition) is 3. The van der Waals surface area contributed by atoms with Crippen LogP contribution in [0, 0.1) is 13.8 Å². The number of benzene rings is 1. The SMILES string of the molecule is Cc1cnc(CSc2ccc(C(C)(C)C)cc2)c(C)c1N. The Hall–Kier alpha value is -1.48. The molecule has 1 aromatic carbocycles. The number of pyridine rings is 1. The summed E-state index contributed by atoms with van der Waals surface area (Å²) in [7, 11) is 0. The largest absolute Gasteiger partial charge is 0.398 e. The fourth-order valence-corrected chi connectivity index (χ4v) is 3.06. The van der Waals surface area contributed by atoms with E-state index in [-0.39, 0.29) is 5.41 Å². The molecule has 21 heavy (non-hydrogen) atoms. The lowest BCUT2D eigenvalue weighted by Crippen LogP contribution is -2.10. The first-order chi connectivity index (χ1) is 9.79. The predicted molar refractivity (Wildman–Crippen MR) is 92.8 cm³/mol. The van der Waals surface area contributed by atoms with Crippen LogP contribution < -0.4 is 5.73 Å². The van der Waals surface area contributed by atoms with Gasteiger partial charge in [0.2, 0.25) is 0 Å². The van der Waals surface area contributed by atoms with Crippen LogP contribution in [0.4, 0.5) is 5.69 Å². The van der Waals surface area contributed by atoms with Crippen molar-refractivity contribution >= 4 is 17.4 Å². The van der Waals surface area contributed by atoms with Crippen LogP contribution in [0.3, 0.4) is 0 Å². The summed E-state index contributed by atoms with van der Waals surface area (Å²) in [5.41, 5.74) is 11.7. The van der Waals surface area contributed by atoms with Gasteiger partial charge in [0.25, 0.3) is 0 Å². The number of aromatic nitrogens is 1. The maximum Gasteiger partial charge on any atom is 0.0556 e. The fourth-order valence-electron chi connectivity index (χ4n) is 2.14. The molecule has 0 saturated heterocycles. The lowest BCUT2D eigenvalue weighted by atomic mass is 9.87. The number of rotatable bonds is 3. The highest BCUT2D eigenvalue weighted by Crippen LogP contribution is 2.29. The molecular formula is C18H24N2S. The van der Waals surface area contributed by atoms with Crippen LogP contribution in [0.15, 0.2) is 35.4 Å². The third-order valence-electron chi connectivity index (χ3n) is 3.77. The molecule has 0 spiro atoms. The van der Waals surface area contributed by atoms with E-state index >= 15 is 0 Å². The number of nitrogen functional groups attached to an aromatic ring is 1. The molecule has 0 amide bonds. The van der Waals surface area contributed by atoms with Crippen LogP contribution in [-0.4, -0.2) is 4.98 Å². The van der Waals surface area contributed by atoms with Crippen LogP contribution in [0.1, 0.15) is 43.2 Å². The molecule has 1 aromatic heterocycles. The van der Waals surface area contributed by atoms with Crippen LogP contribution >= 0.6 is 11.8 Å². The summed E-state index contributed by atoms with van der Waals surface area (Å²) >= 11 is 1.80. The topological polar surface area (TPSA) is 38.9 Å². The van der Waals surface area contributed by atoms with E-state index in [4.69, 9.17) is 5.73 Å². The molecule has 0 aliphatic carbocycles. The van der Waals surface area contributed by atoms with E-state index in [1.54, 1.807) is 11.8 Å². The molecule has 0 aliphatic heterocycles. The molecule has 0 atom stereocenters. The van der Waals surface area contributed by atoms with Crippen molar-refractivity contribution in [2.24, 2.45) is 0 Å². The molecule has 112 valence electrons. The van der Waals surface area contributed by atoms with Gasteiger partial charge in [-0.1, -0.05) is 32.9 Å². The van der Waals surface area contributed by atoms with Crippen molar-refractivity contribution in [3.63, 3.8) is 0 Å². The maximum absolute atomic E-state index is 6.07. The first kappa shape index (κ1) is 15.9. The molecule has 2 nitrogen and oxygen atoms in total. The lowest BCUT2D eigenvalue weighted by Gasteiger charge is -2.19. The van der Waals surface area contributed by atoms with Crippen molar-refractivity contribution in [1.82, 2.24) is 4.98 Å². The van der Waals surface area contributed by atoms with Gasteiger partial charge in [-0.25, -0.2) is 0 Å². The van der Waals surface area contributed by atoms with Gasteiger partial charge >= 0.3 is 0 Å². The first-order valence-corrected chi connectivity index (χ1v) is 8.21.